The zero-order valence-corrected chi connectivity index (χ0v) is 15.2. The summed E-state index contributed by atoms with van der Waals surface area (Å²) in [6, 6.07) is 5.18. The maximum atomic E-state index is 12.6. The first-order chi connectivity index (χ1) is 11.4. The second kappa shape index (κ2) is 6.02. The van der Waals surface area contributed by atoms with Crippen LogP contribution in [0.15, 0.2) is 22.7 Å². The second-order valence-electron chi connectivity index (χ2n) is 5.68. The molecule has 2 aromatic rings. The molecule has 0 fully saturated rings. The molecule has 0 radical (unpaired) electrons. The lowest BCUT2D eigenvalue weighted by Crippen LogP contribution is -2.23. The number of esters is 1. The van der Waals surface area contributed by atoms with Crippen molar-refractivity contribution >= 4 is 33.5 Å². The van der Waals surface area contributed by atoms with Crippen molar-refractivity contribution in [2.24, 2.45) is 7.05 Å². The van der Waals surface area contributed by atoms with E-state index in [0.29, 0.717) is 29.0 Å². The van der Waals surface area contributed by atoms with E-state index in [4.69, 9.17) is 4.74 Å². The van der Waals surface area contributed by atoms with E-state index in [2.05, 4.69) is 15.9 Å². The van der Waals surface area contributed by atoms with Crippen molar-refractivity contribution in [2.45, 2.75) is 20.3 Å². The largest absolute Gasteiger partial charge is 0.466 e. The first-order valence-corrected chi connectivity index (χ1v) is 8.38. The fourth-order valence-corrected chi connectivity index (χ4v) is 3.50. The summed E-state index contributed by atoms with van der Waals surface area (Å²) in [4.78, 5) is 37.0. The van der Waals surface area contributed by atoms with Crippen molar-refractivity contribution in [1.82, 2.24) is 4.57 Å². The molecule has 0 amide bonds. The molecule has 0 spiro atoms. The molecule has 0 unspecified atom stereocenters. The van der Waals surface area contributed by atoms with Crippen molar-refractivity contribution < 1.29 is 19.1 Å². The molecule has 0 N–H and O–H groups in total. The van der Waals surface area contributed by atoms with Crippen LogP contribution in [0.25, 0.3) is 11.1 Å². The number of rotatable bonds is 3. The molecule has 1 aliphatic carbocycles. The molecule has 1 aliphatic rings. The minimum atomic E-state index is -0.541. The maximum Gasteiger partial charge on any atom is 0.310 e. The van der Waals surface area contributed by atoms with E-state index in [-0.39, 0.29) is 12.4 Å². The van der Waals surface area contributed by atoms with Gasteiger partial charge in [0.15, 0.2) is 0 Å². The van der Waals surface area contributed by atoms with Crippen LogP contribution < -0.4 is 0 Å². The van der Waals surface area contributed by atoms with Crippen LogP contribution in [0.4, 0.5) is 0 Å². The molecule has 0 bridgehead atoms. The van der Waals surface area contributed by atoms with Crippen LogP contribution in [0.2, 0.25) is 0 Å². The Morgan fingerprint density at radius 1 is 1.21 bits per heavy atom. The number of hydrogen-bond acceptors (Lipinski definition) is 4. The Kier molecular flexibility index (Phi) is 4.17. The molecule has 0 aliphatic heterocycles. The summed E-state index contributed by atoms with van der Waals surface area (Å²) in [5.74, 6) is -1.41. The molecule has 24 heavy (non-hydrogen) atoms. The van der Waals surface area contributed by atoms with E-state index < -0.39 is 11.6 Å². The molecule has 1 heterocycles. The van der Waals surface area contributed by atoms with Gasteiger partial charge in [0.25, 0.3) is 5.78 Å². The number of halogens is 1. The van der Waals surface area contributed by atoms with Crippen molar-refractivity contribution in [2.75, 3.05) is 6.61 Å². The third-order valence-corrected chi connectivity index (χ3v) is 4.85. The van der Waals surface area contributed by atoms with Crippen molar-refractivity contribution in [3.8, 4) is 11.1 Å². The van der Waals surface area contributed by atoms with Gasteiger partial charge in [-0.25, -0.2) is 0 Å². The molecule has 5 nitrogen and oxygen atoms in total. The second-order valence-corrected chi connectivity index (χ2v) is 6.59. The van der Waals surface area contributed by atoms with Gasteiger partial charge in [-0.1, -0.05) is 15.9 Å². The number of hydrogen-bond donors (Lipinski definition) is 0. The lowest BCUT2D eigenvalue weighted by molar-refractivity contribution is -0.142. The summed E-state index contributed by atoms with van der Waals surface area (Å²) in [5, 5.41) is 0. The summed E-state index contributed by atoms with van der Waals surface area (Å²) < 4.78 is 7.54. The fraction of sp³-hybridized carbons (Fsp3) is 0.278. The number of ether oxygens (including phenoxy) is 1. The maximum absolute atomic E-state index is 12.6. The van der Waals surface area contributed by atoms with Gasteiger partial charge in [0.1, 0.15) is 5.69 Å². The van der Waals surface area contributed by atoms with Gasteiger partial charge in [0.2, 0.25) is 5.78 Å². The van der Waals surface area contributed by atoms with Crippen LogP contribution in [-0.2, 0) is 23.0 Å². The summed E-state index contributed by atoms with van der Waals surface area (Å²) in [6.07, 6.45) is 0.0657. The fourth-order valence-electron chi connectivity index (χ4n) is 3.14. The lowest BCUT2D eigenvalue weighted by atomic mass is 9.85. The molecule has 124 valence electrons. The molecule has 1 aromatic carbocycles. The molecule has 1 aromatic heterocycles. The standard InChI is InChI=1S/C18H16BrNO4/c1-4-24-14(21)8-12-9(2)20(3)16-15(12)13-7-10(19)5-6-11(13)17(22)18(16)23/h5-7H,4,8H2,1-3H3. The van der Waals surface area contributed by atoms with Crippen LogP contribution in [0.1, 0.15) is 39.0 Å². The predicted octanol–water partition coefficient (Wildman–Crippen LogP) is 3.25. The number of benzene rings is 1. The molecule has 0 saturated heterocycles. The Balaban J connectivity index is 2.29. The average molecular weight is 390 g/mol. The summed E-state index contributed by atoms with van der Waals surface area (Å²) in [5.41, 5.74) is 3.54. The summed E-state index contributed by atoms with van der Waals surface area (Å²) in [6.45, 7) is 3.88. The number of nitrogens with zero attached hydrogens (tertiary/aromatic N) is 1. The van der Waals surface area contributed by atoms with Crippen molar-refractivity contribution in [3.63, 3.8) is 0 Å². The Hall–Kier alpha value is -2.21. The first kappa shape index (κ1) is 16.6. The van der Waals surface area contributed by atoms with Gasteiger partial charge in [-0.05, 0) is 43.2 Å². The van der Waals surface area contributed by atoms with Gasteiger partial charge in [0.05, 0.1) is 13.0 Å². The quantitative estimate of drug-likeness (QED) is 0.596. The van der Waals surface area contributed by atoms with E-state index >= 15 is 0 Å². The van der Waals surface area contributed by atoms with Crippen LogP contribution in [0.3, 0.4) is 0 Å². The van der Waals surface area contributed by atoms with Crippen LogP contribution in [0.5, 0.6) is 0 Å². The van der Waals surface area contributed by atoms with Crippen LogP contribution in [0, 0.1) is 6.92 Å². The van der Waals surface area contributed by atoms with E-state index in [1.807, 2.05) is 13.0 Å². The topological polar surface area (TPSA) is 65.4 Å². The van der Waals surface area contributed by atoms with Gasteiger partial charge in [0, 0.05) is 28.3 Å². The van der Waals surface area contributed by atoms with Crippen LogP contribution in [-0.4, -0.2) is 28.7 Å². The van der Waals surface area contributed by atoms with E-state index in [0.717, 1.165) is 15.7 Å². The van der Waals surface area contributed by atoms with Gasteiger partial charge in [-0.15, -0.1) is 0 Å². The third-order valence-electron chi connectivity index (χ3n) is 4.36. The zero-order chi connectivity index (χ0) is 17.6. The summed E-state index contributed by atoms with van der Waals surface area (Å²) >= 11 is 3.41. The van der Waals surface area contributed by atoms with Gasteiger partial charge < -0.3 is 9.30 Å². The molecular weight excluding hydrogens is 374 g/mol. The van der Waals surface area contributed by atoms with E-state index in [9.17, 15) is 14.4 Å². The number of carbonyl (C=O) groups is 3. The number of aromatic nitrogens is 1. The van der Waals surface area contributed by atoms with Gasteiger partial charge in [-0.2, -0.15) is 0 Å². The summed E-state index contributed by atoms with van der Waals surface area (Å²) in [7, 11) is 1.73. The third kappa shape index (κ3) is 2.41. The number of Topliss-reactive ketones (excluding diaryl/α,β-unsaturated/α-hetero) is 2. The predicted molar refractivity (Wildman–Crippen MR) is 92.3 cm³/mol. The Bertz CT molecular complexity index is 895. The molecule has 3 rings (SSSR count). The molecule has 0 atom stereocenters. The zero-order valence-electron chi connectivity index (χ0n) is 13.6. The molecular formula is C18H16BrNO4. The minimum Gasteiger partial charge on any atom is -0.466 e. The first-order valence-electron chi connectivity index (χ1n) is 7.59. The Morgan fingerprint density at radius 3 is 2.58 bits per heavy atom. The van der Waals surface area contributed by atoms with Crippen molar-refractivity contribution in [3.05, 3.63) is 45.2 Å². The minimum absolute atomic E-state index is 0.0657. The normalized spacial score (nSPS) is 12.8. The number of fused-ring (bicyclic) bond motifs is 3. The van der Waals surface area contributed by atoms with Crippen molar-refractivity contribution in [1.29, 1.82) is 0 Å². The van der Waals surface area contributed by atoms with Crippen LogP contribution >= 0.6 is 15.9 Å². The number of carbonyl (C=O) groups excluding carboxylic acids is 3. The highest BCUT2D eigenvalue weighted by molar-refractivity contribution is 9.10. The van der Waals surface area contributed by atoms with E-state index in [1.54, 1.807) is 30.7 Å². The highest BCUT2D eigenvalue weighted by atomic mass is 79.9. The monoisotopic (exact) mass is 389 g/mol. The number of ketones is 2. The molecule has 0 saturated carbocycles. The highest BCUT2D eigenvalue weighted by Gasteiger charge is 2.36. The Morgan fingerprint density at radius 2 is 1.92 bits per heavy atom. The van der Waals surface area contributed by atoms with E-state index in [1.165, 1.54) is 0 Å². The Labute approximate surface area is 147 Å². The van der Waals surface area contributed by atoms with Gasteiger partial charge in [-0.3, -0.25) is 14.4 Å². The van der Waals surface area contributed by atoms with Gasteiger partial charge >= 0.3 is 5.97 Å². The smallest absolute Gasteiger partial charge is 0.310 e. The molecule has 6 heteroatoms. The lowest BCUT2D eigenvalue weighted by Gasteiger charge is -2.17. The SMILES string of the molecule is CCOC(=O)Cc1c2c(n(C)c1C)C(=O)C(=O)c1ccc(Br)cc1-2. The average Bonchev–Trinajstić information content (AvgIpc) is 2.78. The highest BCUT2D eigenvalue weighted by Crippen LogP contribution is 2.40.